The highest BCUT2D eigenvalue weighted by Gasteiger charge is 2.14. The first-order valence-corrected chi connectivity index (χ1v) is 7.63. The van der Waals surface area contributed by atoms with E-state index in [2.05, 4.69) is 21.2 Å². The molecule has 1 aromatic carbocycles. The van der Waals surface area contributed by atoms with Gasteiger partial charge in [0.2, 0.25) is 0 Å². The number of carbonyl (C=O) groups is 1. The lowest BCUT2D eigenvalue weighted by Gasteiger charge is -2.11. The molecular formula is C13H11BrClNO2S. The van der Waals surface area contributed by atoms with Crippen LogP contribution in [0.5, 0.6) is 0 Å². The normalized spacial score (nSPS) is 12.2. The molecule has 0 aliphatic heterocycles. The number of benzene rings is 1. The van der Waals surface area contributed by atoms with Crippen LogP contribution in [0.1, 0.15) is 22.0 Å². The molecule has 1 aromatic heterocycles. The number of rotatable bonds is 4. The van der Waals surface area contributed by atoms with Crippen LogP contribution in [0.4, 0.5) is 0 Å². The summed E-state index contributed by atoms with van der Waals surface area (Å²) in [6.45, 7) is 0.151. The van der Waals surface area contributed by atoms with E-state index >= 15 is 0 Å². The molecule has 1 amide bonds. The fraction of sp³-hybridized carbons (Fsp3) is 0.154. The predicted octanol–water partition coefficient (Wildman–Crippen LogP) is 3.63. The number of hydrogen-bond donors (Lipinski definition) is 2. The van der Waals surface area contributed by atoms with Gasteiger partial charge in [-0.05, 0) is 50.5 Å². The molecule has 1 unspecified atom stereocenters. The Labute approximate surface area is 128 Å². The Morgan fingerprint density at radius 2 is 2.26 bits per heavy atom. The van der Waals surface area contributed by atoms with Gasteiger partial charge in [0.05, 0.1) is 16.7 Å². The predicted molar refractivity (Wildman–Crippen MR) is 80.8 cm³/mol. The van der Waals surface area contributed by atoms with Crippen LogP contribution in [0.15, 0.2) is 39.5 Å². The van der Waals surface area contributed by atoms with Crippen LogP contribution in [0.2, 0.25) is 5.02 Å². The molecule has 0 aliphatic carbocycles. The van der Waals surface area contributed by atoms with Crippen molar-refractivity contribution >= 4 is 44.8 Å². The highest BCUT2D eigenvalue weighted by atomic mass is 79.9. The van der Waals surface area contributed by atoms with E-state index in [-0.39, 0.29) is 12.5 Å². The summed E-state index contributed by atoms with van der Waals surface area (Å²) in [7, 11) is 0. The van der Waals surface area contributed by atoms with Crippen LogP contribution in [-0.4, -0.2) is 17.6 Å². The second kappa shape index (κ2) is 6.52. The Balaban J connectivity index is 2.00. The lowest BCUT2D eigenvalue weighted by atomic mass is 10.2. The maximum atomic E-state index is 12.0. The van der Waals surface area contributed by atoms with Gasteiger partial charge in [0.1, 0.15) is 0 Å². The first kappa shape index (κ1) is 14.5. The van der Waals surface area contributed by atoms with E-state index in [0.29, 0.717) is 15.1 Å². The maximum absolute atomic E-state index is 12.0. The molecule has 6 heteroatoms. The fourth-order valence-corrected chi connectivity index (χ4v) is 2.83. The smallest absolute Gasteiger partial charge is 0.252 e. The lowest BCUT2D eigenvalue weighted by molar-refractivity contribution is 0.0916. The van der Waals surface area contributed by atoms with Gasteiger partial charge in [-0.15, -0.1) is 0 Å². The molecule has 1 atom stereocenters. The minimum absolute atomic E-state index is 0.151. The average Bonchev–Trinajstić information content (AvgIpc) is 2.93. The van der Waals surface area contributed by atoms with Crippen LogP contribution < -0.4 is 5.32 Å². The van der Waals surface area contributed by atoms with Crippen molar-refractivity contribution in [3.63, 3.8) is 0 Å². The third-order valence-corrected chi connectivity index (χ3v) is 4.58. The summed E-state index contributed by atoms with van der Waals surface area (Å²) in [5.41, 5.74) is 1.18. The van der Waals surface area contributed by atoms with Crippen LogP contribution >= 0.6 is 38.9 Å². The van der Waals surface area contributed by atoms with Crippen molar-refractivity contribution in [2.45, 2.75) is 6.10 Å². The van der Waals surface area contributed by atoms with Crippen LogP contribution in [0.3, 0.4) is 0 Å². The quantitative estimate of drug-likeness (QED) is 0.875. The van der Waals surface area contributed by atoms with Gasteiger partial charge in [-0.1, -0.05) is 17.7 Å². The molecule has 0 fully saturated rings. The molecule has 2 rings (SSSR count). The molecule has 2 aromatic rings. The van der Waals surface area contributed by atoms with Crippen molar-refractivity contribution in [3.05, 3.63) is 55.6 Å². The molecule has 3 nitrogen and oxygen atoms in total. The van der Waals surface area contributed by atoms with E-state index in [0.717, 1.165) is 5.56 Å². The molecule has 100 valence electrons. The van der Waals surface area contributed by atoms with Crippen molar-refractivity contribution in [3.8, 4) is 0 Å². The van der Waals surface area contributed by atoms with Gasteiger partial charge in [0, 0.05) is 11.0 Å². The third kappa shape index (κ3) is 3.57. The summed E-state index contributed by atoms with van der Waals surface area (Å²) in [5.74, 6) is -0.305. The Bertz CT molecular complexity index is 574. The SMILES string of the molecule is O=C(NCC(O)c1ccsc1)c1cccc(Br)c1Cl. The zero-order valence-electron chi connectivity index (χ0n) is 9.77. The van der Waals surface area contributed by atoms with Gasteiger partial charge >= 0.3 is 0 Å². The second-order valence-corrected chi connectivity index (χ2v) is 5.90. The zero-order valence-corrected chi connectivity index (χ0v) is 12.9. The van der Waals surface area contributed by atoms with E-state index in [1.807, 2.05) is 16.8 Å². The Hall–Kier alpha value is -0.880. The number of hydrogen-bond acceptors (Lipinski definition) is 3. The lowest BCUT2D eigenvalue weighted by Crippen LogP contribution is -2.28. The number of carbonyl (C=O) groups excluding carboxylic acids is 1. The van der Waals surface area contributed by atoms with Gasteiger partial charge in [0.25, 0.3) is 5.91 Å². The van der Waals surface area contributed by atoms with Gasteiger partial charge in [-0.2, -0.15) is 11.3 Å². The topological polar surface area (TPSA) is 49.3 Å². The molecule has 0 radical (unpaired) electrons. The number of amides is 1. The minimum Gasteiger partial charge on any atom is -0.387 e. The minimum atomic E-state index is -0.707. The number of aliphatic hydroxyl groups excluding tert-OH is 1. The Morgan fingerprint density at radius 3 is 2.95 bits per heavy atom. The van der Waals surface area contributed by atoms with E-state index in [4.69, 9.17) is 11.6 Å². The summed E-state index contributed by atoms with van der Waals surface area (Å²) < 4.78 is 0.667. The Morgan fingerprint density at radius 1 is 1.47 bits per heavy atom. The summed E-state index contributed by atoms with van der Waals surface area (Å²) in [6.07, 6.45) is -0.707. The van der Waals surface area contributed by atoms with Gasteiger partial charge in [-0.25, -0.2) is 0 Å². The number of nitrogens with one attached hydrogen (secondary N) is 1. The summed E-state index contributed by atoms with van der Waals surface area (Å²) in [4.78, 5) is 12.0. The molecule has 1 heterocycles. The van der Waals surface area contributed by atoms with E-state index in [1.165, 1.54) is 11.3 Å². The van der Waals surface area contributed by atoms with E-state index in [1.54, 1.807) is 18.2 Å². The van der Waals surface area contributed by atoms with Crippen molar-refractivity contribution in [2.75, 3.05) is 6.54 Å². The van der Waals surface area contributed by atoms with Crippen molar-refractivity contribution in [1.29, 1.82) is 0 Å². The molecule has 19 heavy (non-hydrogen) atoms. The highest BCUT2D eigenvalue weighted by Crippen LogP contribution is 2.26. The first-order chi connectivity index (χ1) is 9.09. The molecule has 0 saturated heterocycles. The zero-order chi connectivity index (χ0) is 13.8. The number of thiophene rings is 1. The third-order valence-electron chi connectivity index (χ3n) is 2.58. The average molecular weight is 361 g/mol. The molecular weight excluding hydrogens is 350 g/mol. The van der Waals surface area contributed by atoms with Crippen LogP contribution in [0, 0.1) is 0 Å². The maximum Gasteiger partial charge on any atom is 0.252 e. The molecule has 2 N–H and O–H groups in total. The molecule has 0 aliphatic rings. The van der Waals surface area contributed by atoms with Gasteiger partial charge in [-0.3, -0.25) is 4.79 Å². The van der Waals surface area contributed by atoms with E-state index in [9.17, 15) is 9.90 Å². The van der Waals surface area contributed by atoms with E-state index < -0.39 is 6.10 Å². The standard InChI is InChI=1S/C13H11BrClNO2S/c14-10-3-1-2-9(12(10)15)13(18)16-6-11(17)8-4-5-19-7-8/h1-5,7,11,17H,6H2,(H,16,18). The first-order valence-electron chi connectivity index (χ1n) is 5.52. The van der Waals surface area contributed by atoms with Gasteiger partial charge < -0.3 is 10.4 Å². The molecule has 0 bridgehead atoms. The van der Waals surface area contributed by atoms with Gasteiger partial charge in [0.15, 0.2) is 0 Å². The summed E-state index contributed by atoms with van der Waals surface area (Å²) >= 11 is 10.8. The summed E-state index contributed by atoms with van der Waals surface area (Å²) in [6, 6.07) is 6.96. The van der Waals surface area contributed by atoms with Crippen LogP contribution in [-0.2, 0) is 0 Å². The van der Waals surface area contributed by atoms with Crippen molar-refractivity contribution < 1.29 is 9.90 Å². The fourth-order valence-electron chi connectivity index (χ4n) is 1.55. The highest BCUT2D eigenvalue weighted by molar-refractivity contribution is 9.10. The van der Waals surface area contributed by atoms with Crippen LogP contribution in [0.25, 0.3) is 0 Å². The number of halogens is 2. The van der Waals surface area contributed by atoms with Crippen molar-refractivity contribution in [1.82, 2.24) is 5.32 Å². The largest absolute Gasteiger partial charge is 0.387 e. The monoisotopic (exact) mass is 359 g/mol. The van der Waals surface area contributed by atoms with Crippen molar-refractivity contribution in [2.24, 2.45) is 0 Å². The molecule has 0 saturated carbocycles. The summed E-state index contributed by atoms with van der Waals surface area (Å²) in [5, 5.41) is 16.6. The molecule has 0 spiro atoms. The second-order valence-electron chi connectivity index (χ2n) is 3.88. The Kier molecular flexibility index (Phi) is 4.99. The number of aliphatic hydroxyl groups is 1.